The first-order chi connectivity index (χ1) is 8.19. The van der Waals surface area contributed by atoms with Crippen molar-refractivity contribution >= 4 is 23.6 Å². The Labute approximate surface area is 103 Å². The van der Waals surface area contributed by atoms with Gasteiger partial charge in [-0.05, 0) is 24.0 Å². The molecule has 2 heterocycles. The normalized spacial score (nSPS) is 10.5. The predicted molar refractivity (Wildman–Crippen MR) is 66.6 cm³/mol. The van der Waals surface area contributed by atoms with Gasteiger partial charge in [0.15, 0.2) is 12.1 Å². The molecular formula is C12H12N2O2S. The van der Waals surface area contributed by atoms with Gasteiger partial charge >= 0.3 is 0 Å². The van der Waals surface area contributed by atoms with E-state index in [1.165, 1.54) is 11.5 Å². The summed E-state index contributed by atoms with van der Waals surface area (Å²) in [6.07, 6.45) is 2.88. The number of nitrogens with one attached hydrogen (secondary N) is 1. The molecule has 0 aliphatic heterocycles. The smallest absolute Gasteiger partial charge is 0.179 e. The third-order valence-electron chi connectivity index (χ3n) is 2.74. The average Bonchev–Trinajstić information content (AvgIpc) is 2.95. The number of Topliss-reactive ketones (excluding diaryl/α,β-unsaturated/α-hetero) is 1. The molecular weight excluding hydrogens is 236 g/mol. The number of rotatable bonds is 4. The first-order valence-electron chi connectivity index (χ1n) is 5.29. The number of aromatic nitrogens is 2. The molecule has 0 fully saturated rings. The number of nitrogens with zero attached hydrogens (tertiary/aromatic N) is 1. The molecule has 0 unspecified atom stereocenters. The van der Waals surface area contributed by atoms with Crippen molar-refractivity contribution in [1.82, 2.24) is 9.36 Å². The van der Waals surface area contributed by atoms with Gasteiger partial charge < -0.3 is 4.98 Å². The lowest BCUT2D eigenvalue weighted by Crippen LogP contribution is -1.99. The molecule has 0 amide bonds. The second kappa shape index (κ2) is 4.63. The number of aldehydes is 1. The molecule has 0 bridgehead atoms. The molecule has 88 valence electrons. The van der Waals surface area contributed by atoms with Crippen LogP contribution in [0.1, 0.15) is 39.8 Å². The minimum Gasteiger partial charge on any atom is -0.351 e. The van der Waals surface area contributed by atoms with E-state index in [1.54, 1.807) is 20.0 Å². The summed E-state index contributed by atoms with van der Waals surface area (Å²) in [5, 5.41) is 1.85. The Morgan fingerprint density at radius 1 is 1.59 bits per heavy atom. The Kier molecular flexibility index (Phi) is 3.19. The Bertz CT molecular complexity index is 555. The van der Waals surface area contributed by atoms with Crippen LogP contribution in [0.2, 0.25) is 0 Å². The highest BCUT2D eigenvalue weighted by atomic mass is 32.1. The van der Waals surface area contributed by atoms with E-state index in [1.807, 2.05) is 5.38 Å². The fourth-order valence-corrected chi connectivity index (χ4v) is 2.29. The fraction of sp³-hybridized carbons (Fsp3) is 0.250. The molecule has 0 spiro atoms. The first kappa shape index (κ1) is 11.7. The highest BCUT2D eigenvalue weighted by Gasteiger charge is 2.19. The molecule has 1 N–H and O–H groups in total. The summed E-state index contributed by atoms with van der Waals surface area (Å²) in [5.74, 6) is 0.0139. The van der Waals surface area contributed by atoms with E-state index >= 15 is 0 Å². The molecule has 17 heavy (non-hydrogen) atoms. The largest absolute Gasteiger partial charge is 0.351 e. The van der Waals surface area contributed by atoms with Gasteiger partial charge in [0, 0.05) is 22.9 Å². The molecule has 0 aliphatic carbocycles. The number of carbonyl (C=O) groups is 2. The van der Waals surface area contributed by atoms with Crippen molar-refractivity contribution in [3.05, 3.63) is 28.4 Å². The number of ketones is 1. The Balaban J connectivity index is 2.61. The average molecular weight is 248 g/mol. The van der Waals surface area contributed by atoms with Gasteiger partial charge in [0.1, 0.15) is 0 Å². The minimum atomic E-state index is 0.0139. The quantitative estimate of drug-likeness (QED) is 0.668. The van der Waals surface area contributed by atoms with E-state index in [2.05, 4.69) is 9.36 Å². The number of aromatic amines is 1. The summed E-state index contributed by atoms with van der Waals surface area (Å²) in [5.41, 5.74) is 3.31. The standard InChI is InChI=1S/C12H12N2O2S/c1-3-10(16)11-7(2)9(5-15)12(14-11)8-4-13-17-6-8/h4-6,14H,3H2,1-2H3. The molecule has 0 radical (unpaired) electrons. The van der Waals surface area contributed by atoms with Crippen LogP contribution >= 0.6 is 11.5 Å². The van der Waals surface area contributed by atoms with Gasteiger partial charge in [0.2, 0.25) is 0 Å². The highest BCUT2D eigenvalue weighted by molar-refractivity contribution is 7.03. The van der Waals surface area contributed by atoms with E-state index < -0.39 is 0 Å². The maximum Gasteiger partial charge on any atom is 0.179 e. The zero-order valence-corrected chi connectivity index (χ0v) is 10.4. The lowest BCUT2D eigenvalue weighted by molar-refractivity contribution is 0.0983. The van der Waals surface area contributed by atoms with Gasteiger partial charge in [0.25, 0.3) is 0 Å². The van der Waals surface area contributed by atoms with E-state index in [0.29, 0.717) is 28.9 Å². The van der Waals surface area contributed by atoms with Crippen molar-refractivity contribution in [1.29, 1.82) is 0 Å². The van der Waals surface area contributed by atoms with Crippen LogP contribution < -0.4 is 0 Å². The Morgan fingerprint density at radius 2 is 2.35 bits per heavy atom. The van der Waals surface area contributed by atoms with Crippen molar-refractivity contribution < 1.29 is 9.59 Å². The Hall–Kier alpha value is -1.75. The van der Waals surface area contributed by atoms with Crippen molar-refractivity contribution in [3.8, 4) is 11.3 Å². The summed E-state index contributed by atoms with van der Waals surface area (Å²) in [4.78, 5) is 25.9. The van der Waals surface area contributed by atoms with E-state index in [4.69, 9.17) is 0 Å². The summed E-state index contributed by atoms with van der Waals surface area (Å²) < 4.78 is 4.00. The number of H-pyrrole nitrogens is 1. The van der Waals surface area contributed by atoms with Gasteiger partial charge in [-0.25, -0.2) is 4.37 Å². The molecule has 2 aromatic heterocycles. The highest BCUT2D eigenvalue weighted by Crippen LogP contribution is 2.27. The van der Waals surface area contributed by atoms with Gasteiger partial charge in [-0.1, -0.05) is 6.92 Å². The number of hydrogen-bond acceptors (Lipinski definition) is 4. The SMILES string of the molecule is CCC(=O)c1[nH]c(-c2cnsc2)c(C=O)c1C. The van der Waals surface area contributed by atoms with Crippen LogP contribution in [0.15, 0.2) is 11.6 Å². The lowest BCUT2D eigenvalue weighted by Gasteiger charge is -1.94. The third-order valence-corrected chi connectivity index (χ3v) is 3.32. The molecule has 2 aromatic rings. The van der Waals surface area contributed by atoms with Crippen LogP contribution in [-0.4, -0.2) is 21.4 Å². The Morgan fingerprint density at radius 3 is 2.88 bits per heavy atom. The lowest BCUT2D eigenvalue weighted by atomic mass is 10.1. The van der Waals surface area contributed by atoms with Crippen molar-refractivity contribution in [2.24, 2.45) is 0 Å². The summed E-state index contributed by atoms with van der Waals surface area (Å²) in [7, 11) is 0. The zero-order valence-electron chi connectivity index (χ0n) is 9.61. The van der Waals surface area contributed by atoms with Crippen LogP contribution in [0.25, 0.3) is 11.3 Å². The second-order valence-corrected chi connectivity index (χ2v) is 4.38. The van der Waals surface area contributed by atoms with Crippen molar-refractivity contribution in [2.75, 3.05) is 0 Å². The zero-order chi connectivity index (χ0) is 12.4. The monoisotopic (exact) mass is 248 g/mol. The maximum absolute atomic E-state index is 11.7. The fourth-order valence-electron chi connectivity index (χ4n) is 1.77. The minimum absolute atomic E-state index is 0.0139. The molecule has 0 aliphatic rings. The molecule has 0 saturated carbocycles. The molecule has 0 atom stereocenters. The van der Waals surface area contributed by atoms with Gasteiger partial charge in [-0.2, -0.15) is 0 Å². The molecule has 0 aromatic carbocycles. The van der Waals surface area contributed by atoms with Crippen molar-refractivity contribution in [2.45, 2.75) is 20.3 Å². The van der Waals surface area contributed by atoms with Crippen LogP contribution in [0.5, 0.6) is 0 Å². The van der Waals surface area contributed by atoms with E-state index in [-0.39, 0.29) is 5.78 Å². The number of carbonyl (C=O) groups excluding carboxylic acids is 2. The number of hydrogen-bond donors (Lipinski definition) is 1. The van der Waals surface area contributed by atoms with Gasteiger partial charge in [-0.15, -0.1) is 0 Å². The maximum atomic E-state index is 11.7. The third kappa shape index (κ3) is 1.93. The topological polar surface area (TPSA) is 62.8 Å². The molecule has 5 heteroatoms. The molecule has 4 nitrogen and oxygen atoms in total. The summed E-state index contributed by atoms with van der Waals surface area (Å²) >= 11 is 1.31. The van der Waals surface area contributed by atoms with Crippen LogP contribution in [0.4, 0.5) is 0 Å². The van der Waals surface area contributed by atoms with Gasteiger partial charge in [0.05, 0.1) is 17.6 Å². The molecule has 0 saturated heterocycles. The summed E-state index contributed by atoms with van der Waals surface area (Å²) in [6.45, 7) is 3.58. The van der Waals surface area contributed by atoms with Gasteiger partial charge in [-0.3, -0.25) is 9.59 Å². The second-order valence-electron chi connectivity index (χ2n) is 3.72. The summed E-state index contributed by atoms with van der Waals surface area (Å²) in [6, 6.07) is 0. The molecule has 2 rings (SSSR count). The van der Waals surface area contributed by atoms with Crippen LogP contribution in [0, 0.1) is 6.92 Å². The predicted octanol–water partition coefficient (Wildman–Crippen LogP) is 2.85. The van der Waals surface area contributed by atoms with Crippen LogP contribution in [0.3, 0.4) is 0 Å². The van der Waals surface area contributed by atoms with Crippen molar-refractivity contribution in [3.63, 3.8) is 0 Å². The van der Waals surface area contributed by atoms with E-state index in [0.717, 1.165) is 11.8 Å². The first-order valence-corrected chi connectivity index (χ1v) is 6.13. The van der Waals surface area contributed by atoms with Crippen LogP contribution in [-0.2, 0) is 0 Å². The van der Waals surface area contributed by atoms with E-state index in [9.17, 15) is 9.59 Å².